The van der Waals surface area contributed by atoms with Crippen LogP contribution in [0.3, 0.4) is 0 Å². The van der Waals surface area contributed by atoms with Crippen molar-refractivity contribution in [1.82, 2.24) is 15.2 Å². The maximum atomic E-state index is 13.5. The highest BCUT2D eigenvalue weighted by atomic mass is 35.5. The highest BCUT2D eigenvalue weighted by Gasteiger charge is 2.33. The number of morpholine rings is 1. The zero-order valence-electron chi connectivity index (χ0n) is 20.9. The standard InChI is InChI=1S/C28H26ClF3N4O3/c29-19-8-9-23-22(14-19)24(16-25(35-23)28(30,31)32)33-20-2-1-3-21(15-20)34-26(37)17-4-6-18(7-5-17)27(38)36-10-12-39-13-11-36/h4-9,14-16,20H,1-3,10-13H2,(H,33,35)(H,34,37)/t20-/m0/s1. The van der Waals surface area contributed by atoms with Gasteiger partial charge in [-0.1, -0.05) is 11.6 Å². The van der Waals surface area contributed by atoms with Gasteiger partial charge in [-0.3, -0.25) is 9.59 Å². The van der Waals surface area contributed by atoms with E-state index in [0.29, 0.717) is 66.4 Å². The van der Waals surface area contributed by atoms with E-state index in [1.807, 2.05) is 6.08 Å². The Hall–Kier alpha value is -3.63. The Morgan fingerprint density at radius 1 is 1.03 bits per heavy atom. The molecule has 0 unspecified atom stereocenters. The predicted molar refractivity (Wildman–Crippen MR) is 142 cm³/mol. The van der Waals surface area contributed by atoms with Crippen molar-refractivity contribution in [2.75, 3.05) is 31.6 Å². The van der Waals surface area contributed by atoms with Gasteiger partial charge in [0.15, 0.2) is 0 Å². The van der Waals surface area contributed by atoms with Crippen molar-refractivity contribution in [1.29, 1.82) is 0 Å². The summed E-state index contributed by atoms with van der Waals surface area (Å²) >= 11 is 6.11. The van der Waals surface area contributed by atoms with Crippen LogP contribution in [0.15, 0.2) is 60.3 Å². The van der Waals surface area contributed by atoms with Crippen LogP contribution in [0.5, 0.6) is 0 Å². The lowest BCUT2D eigenvalue weighted by Crippen LogP contribution is -2.40. The fourth-order valence-electron chi connectivity index (χ4n) is 4.73. The van der Waals surface area contributed by atoms with E-state index < -0.39 is 11.9 Å². The molecule has 0 bridgehead atoms. The number of ether oxygens (including phenoxy) is 1. The molecule has 3 aromatic rings. The number of aromatic nitrogens is 1. The van der Waals surface area contributed by atoms with Crippen LogP contribution in [-0.4, -0.2) is 54.0 Å². The topological polar surface area (TPSA) is 83.6 Å². The van der Waals surface area contributed by atoms with E-state index in [1.54, 1.807) is 35.2 Å². The first-order valence-electron chi connectivity index (χ1n) is 12.6. The van der Waals surface area contributed by atoms with Gasteiger partial charge in [-0.05, 0) is 73.9 Å². The van der Waals surface area contributed by atoms with E-state index in [4.69, 9.17) is 16.3 Å². The number of fused-ring (bicyclic) bond motifs is 1. The Morgan fingerprint density at radius 2 is 1.74 bits per heavy atom. The number of halogens is 4. The van der Waals surface area contributed by atoms with Gasteiger partial charge in [-0.15, -0.1) is 0 Å². The second-order valence-electron chi connectivity index (χ2n) is 9.49. The number of hydrogen-bond donors (Lipinski definition) is 2. The van der Waals surface area contributed by atoms with E-state index in [0.717, 1.165) is 12.5 Å². The number of nitrogens with zero attached hydrogens (tertiary/aromatic N) is 2. The molecule has 0 radical (unpaired) electrons. The normalized spacial score (nSPS) is 18.0. The maximum absolute atomic E-state index is 13.5. The third kappa shape index (κ3) is 6.34. The third-order valence-electron chi connectivity index (χ3n) is 6.73. The third-order valence-corrected chi connectivity index (χ3v) is 6.97. The summed E-state index contributed by atoms with van der Waals surface area (Å²) in [6.45, 7) is 2.08. The minimum absolute atomic E-state index is 0.104. The van der Waals surface area contributed by atoms with Crippen LogP contribution in [0.25, 0.3) is 10.9 Å². The molecule has 1 fully saturated rings. The molecular weight excluding hydrogens is 533 g/mol. The monoisotopic (exact) mass is 558 g/mol. The van der Waals surface area contributed by atoms with Crippen LogP contribution in [0, 0.1) is 0 Å². The first-order valence-corrected chi connectivity index (χ1v) is 13.0. The lowest BCUT2D eigenvalue weighted by Gasteiger charge is -2.27. The maximum Gasteiger partial charge on any atom is 0.433 e. The molecule has 1 aromatic heterocycles. The van der Waals surface area contributed by atoms with Gasteiger partial charge >= 0.3 is 6.18 Å². The molecule has 2 heterocycles. The van der Waals surface area contributed by atoms with Gasteiger partial charge in [0.1, 0.15) is 5.69 Å². The molecule has 2 aromatic carbocycles. The molecular formula is C28H26ClF3N4O3. The highest BCUT2D eigenvalue weighted by molar-refractivity contribution is 6.31. The van der Waals surface area contributed by atoms with Crippen molar-refractivity contribution in [2.45, 2.75) is 31.5 Å². The second kappa shape index (κ2) is 11.2. The molecule has 2 amide bonds. The molecule has 1 aliphatic carbocycles. The largest absolute Gasteiger partial charge is 0.433 e. The summed E-state index contributed by atoms with van der Waals surface area (Å²) in [5, 5.41) is 6.95. The molecule has 2 N–H and O–H groups in total. The molecule has 204 valence electrons. The van der Waals surface area contributed by atoms with Crippen LogP contribution in [0.2, 0.25) is 5.02 Å². The lowest BCUT2D eigenvalue weighted by atomic mass is 9.98. The van der Waals surface area contributed by atoms with Gasteiger partial charge in [0, 0.05) is 52.1 Å². The average Bonchev–Trinajstić information content (AvgIpc) is 2.93. The minimum Gasteiger partial charge on any atom is -0.378 e. The van der Waals surface area contributed by atoms with Crippen molar-refractivity contribution >= 4 is 40.0 Å². The molecule has 1 saturated heterocycles. The molecule has 0 spiro atoms. The summed E-state index contributed by atoms with van der Waals surface area (Å²) in [5.41, 5.74) is 1.02. The van der Waals surface area contributed by atoms with E-state index in [1.165, 1.54) is 12.1 Å². The van der Waals surface area contributed by atoms with Crippen molar-refractivity contribution < 1.29 is 27.5 Å². The van der Waals surface area contributed by atoms with E-state index in [9.17, 15) is 22.8 Å². The number of carbonyl (C=O) groups is 2. The van der Waals surface area contributed by atoms with Gasteiger partial charge < -0.3 is 20.3 Å². The van der Waals surface area contributed by atoms with E-state index in [2.05, 4.69) is 15.6 Å². The summed E-state index contributed by atoms with van der Waals surface area (Å²) in [6, 6.07) is 11.7. The number of rotatable bonds is 5. The van der Waals surface area contributed by atoms with Crippen LogP contribution in [0.4, 0.5) is 18.9 Å². The summed E-state index contributed by atoms with van der Waals surface area (Å²) < 4.78 is 45.7. The fourth-order valence-corrected chi connectivity index (χ4v) is 4.91. The number of allylic oxidation sites excluding steroid dienone is 1. The van der Waals surface area contributed by atoms with Gasteiger partial charge in [-0.2, -0.15) is 13.2 Å². The zero-order valence-corrected chi connectivity index (χ0v) is 21.6. The van der Waals surface area contributed by atoms with Crippen LogP contribution < -0.4 is 10.6 Å². The van der Waals surface area contributed by atoms with Crippen LogP contribution in [-0.2, 0) is 10.9 Å². The summed E-state index contributed by atoms with van der Waals surface area (Å²) in [6.07, 6.45) is -0.764. The molecule has 1 aliphatic heterocycles. The summed E-state index contributed by atoms with van der Waals surface area (Å²) in [7, 11) is 0. The molecule has 5 rings (SSSR count). The number of alkyl halides is 3. The Morgan fingerprint density at radius 3 is 2.46 bits per heavy atom. The first kappa shape index (κ1) is 27.0. The second-order valence-corrected chi connectivity index (χ2v) is 9.92. The van der Waals surface area contributed by atoms with E-state index in [-0.39, 0.29) is 29.1 Å². The fraction of sp³-hybridized carbons (Fsp3) is 0.321. The minimum atomic E-state index is -4.60. The van der Waals surface area contributed by atoms with Gasteiger partial charge in [0.05, 0.1) is 18.7 Å². The number of carbonyl (C=O) groups excluding carboxylic acids is 2. The highest BCUT2D eigenvalue weighted by Crippen LogP contribution is 2.35. The number of amides is 2. The molecule has 2 aliphatic rings. The molecule has 0 saturated carbocycles. The van der Waals surface area contributed by atoms with Crippen molar-refractivity contribution in [3.8, 4) is 0 Å². The molecule has 39 heavy (non-hydrogen) atoms. The van der Waals surface area contributed by atoms with Crippen LogP contribution in [0.1, 0.15) is 45.7 Å². The molecule has 7 nitrogen and oxygen atoms in total. The molecule has 1 atom stereocenters. The summed E-state index contributed by atoms with van der Waals surface area (Å²) in [5.74, 6) is -0.430. The van der Waals surface area contributed by atoms with Gasteiger partial charge in [0.2, 0.25) is 0 Å². The Labute approximate surface area is 228 Å². The van der Waals surface area contributed by atoms with E-state index >= 15 is 0 Å². The van der Waals surface area contributed by atoms with Gasteiger partial charge in [-0.25, -0.2) is 4.98 Å². The first-order chi connectivity index (χ1) is 18.7. The SMILES string of the molecule is O=C(NC1=C[C@@H](Nc2cc(C(F)(F)F)nc3ccc(Cl)cc23)CCC1)c1ccc(C(=O)N2CCOCC2)cc1. The average molecular weight is 559 g/mol. The van der Waals surface area contributed by atoms with Crippen molar-refractivity contribution in [3.63, 3.8) is 0 Å². The van der Waals surface area contributed by atoms with Gasteiger partial charge in [0.25, 0.3) is 11.8 Å². The smallest absolute Gasteiger partial charge is 0.378 e. The summed E-state index contributed by atoms with van der Waals surface area (Å²) in [4.78, 5) is 31.0. The Bertz CT molecular complexity index is 1420. The predicted octanol–water partition coefficient (Wildman–Crippen LogP) is 5.66. The van der Waals surface area contributed by atoms with Crippen molar-refractivity contribution in [3.05, 3.63) is 82.1 Å². The van der Waals surface area contributed by atoms with Crippen LogP contribution >= 0.6 is 11.6 Å². The number of hydrogen-bond acceptors (Lipinski definition) is 5. The quantitative estimate of drug-likeness (QED) is 0.422. The number of benzene rings is 2. The Balaban J connectivity index is 1.30. The zero-order chi connectivity index (χ0) is 27.6. The number of pyridine rings is 1. The number of anilines is 1. The Kier molecular flexibility index (Phi) is 7.76. The van der Waals surface area contributed by atoms with Crippen molar-refractivity contribution in [2.24, 2.45) is 0 Å². The molecule has 11 heteroatoms. The number of nitrogens with one attached hydrogen (secondary N) is 2. The lowest BCUT2D eigenvalue weighted by molar-refractivity contribution is -0.140.